The van der Waals surface area contributed by atoms with E-state index in [0.29, 0.717) is 25.4 Å². The molecule has 0 radical (unpaired) electrons. The number of nitrogens with one attached hydrogen (secondary N) is 1. The van der Waals surface area contributed by atoms with Crippen molar-refractivity contribution in [3.8, 4) is 0 Å². The van der Waals surface area contributed by atoms with Crippen molar-refractivity contribution in [1.82, 2.24) is 20.1 Å². The highest BCUT2D eigenvalue weighted by molar-refractivity contribution is 6.04. The molecule has 1 atom stereocenters. The van der Waals surface area contributed by atoms with Crippen LogP contribution < -0.4 is 4.90 Å². The molecule has 1 aliphatic rings. The minimum atomic E-state index is -0.238. The molecule has 3 aromatic rings. The van der Waals surface area contributed by atoms with Crippen LogP contribution in [-0.4, -0.2) is 59.8 Å². The van der Waals surface area contributed by atoms with E-state index in [1.165, 1.54) is 0 Å². The second kappa shape index (κ2) is 6.76. The number of fused-ring (bicyclic) bond motifs is 1. The maximum absolute atomic E-state index is 13.0. The van der Waals surface area contributed by atoms with Crippen LogP contribution in [0.5, 0.6) is 0 Å². The Morgan fingerprint density at radius 1 is 1.23 bits per heavy atom. The van der Waals surface area contributed by atoms with E-state index in [9.17, 15) is 4.79 Å². The number of benzene rings is 1. The Morgan fingerprint density at radius 3 is 2.92 bits per heavy atom. The Kier molecular flexibility index (Phi) is 4.30. The van der Waals surface area contributed by atoms with Crippen molar-refractivity contribution in [1.29, 1.82) is 0 Å². The monoisotopic (exact) mass is 351 g/mol. The zero-order chi connectivity index (χ0) is 18.1. The van der Waals surface area contributed by atoms with Crippen molar-refractivity contribution < 1.29 is 9.53 Å². The highest BCUT2D eigenvalue weighted by atomic mass is 16.5. The van der Waals surface area contributed by atoms with Gasteiger partial charge in [0.25, 0.3) is 5.91 Å². The number of hydrogen-bond donors (Lipinski definition) is 1. The lowest BCUT2D eigenvalue weighted by molar-refractivity contribution is -0.0248. The third-order valence-corrected chi connectivity index (χ3v) is 4.57. The van der Waals surface area contributed by atoms with E-state index in [1.807, 2.05) is 61.5 Å². The standard InChI is InChI=1S/C19H21N5O2/c1-23(2)17-9-5-8-15(20-17)16-12-24(10-11-26-16)19(25)18-13-6-3-4-7-14(13)21-22-18/h3-9,16H,10-12H2,1-2H3,(H,21,22)/t16-/m0/s1. The number of aromatic amines is 1. The van der Waals surface area contributed by atoms with Crippen LogP contribution in [0.25, 0.3) is 10.9 Å². The van der Waals surface area contributed by atoms with E-state index in [1.54, 1.807) is 4.90 Å². The molecule has 1 saturated heterocycles. The van der Waals surface area contributed by atoms with Crippen LogP contribution in [0.15, 0.2) is 42.5 Å². The Morgan fingerprint density at radius 2 is 2.08 bits per heavy atom. The molecule has 1 aliphatic heterocycles. The van der Waals surface area contributed by atoms with Crippen molar-refractivity contribution in [2.24, 2.45) is 0 Å². The molecule has 0 saturated carbocycles. The van der Waals surface area contributed by atoms with E-state index >= 15 is 0 Å². The predicted octanol–water partition coefficient (Wildman–Crippen LogP) is 2.24. The van der Waals surface area contributed by atoms with Crippen molar-refractivity contribution in [2.45, 2.75) is 6.10 Å². The molecule has 7 nitrogen and oxygen atoms in total. The van der Waals surface area contributed by atoms with Gasteiger partial charge in [-0.15, -0.1) is 0 Å². The van der Waals surface area contributed by atoms with Crippen LogP contribution in [0.1, 0.15) is 22.3 Å². The molecule has 7 heteroatoms. The molecule has 0 unspecified atom stereocenters. The predicted molar refractivity (Wildman–Crippen MR) is 99.3 cm³/mol. The minimum absolute atomic E-state index is 0.0838. The number of nitrogens with zero attached hydrogens (tertiary/aromatic N) is 4. The number of aromatic nitrogens is 3. The summed E-state index contributed by atoms with van der Waals surface area (Å²) in [6, 6.07) is 13.5. The molecule has 134 valence electrons. The van der Waals surface area contributed by atoms with Crippen molar-refractivity contribution in [2.75, 3.05) is 38.7 Å². The zero-order valence-electron chi connectivity index (χ0n) is 14.8. The molecule has 0 aliphatic carbocycles. The summed E-state index contributed by atoms with van der Waals surface area (Å²) < 4.78 is 5.88. The van der Waals surface area contributed by atoms with Gasteiger partial charge in [0.05, 0.1) is 24.4 Å². The summed E-state index contributed by atoms with van der Waals surface area (Å²) in [6.07, 6.45) is -0.238. The number of pyridine rings is 1. The van der Waals surface area contributed by atoms with Crippen LogP contribution in [-0.2, 0) is 4.74 Å². The number of rotatable bonds is 3. The summed E-state index contributed by atoms with van der Waals surface area (Å²) in [5, 5.41) is 7.99. The molecule has 26 heavy (non-hydrogen) atoms. The van der Waals surface area contributed by atoms with Crippen molar-refractivity contribution >= 4 is 22.6 Å². The second-order valence-electron chi connectivity index (χ2n) is 6.54. The van der Waals surface area contributed by atoms with Gasteiger partial charge in [-0.1, -0.05) is 24.3 Å². The molecule has 1 N–H and O–H groups in total. The summed E-state index contributed by atoms with van der Waals surface area (Å²) in [5.74, 6) is 0.785. The number of amides is 1. The van der Waals surface area contributed by atoms with Crippen LogP contribution in [0.4, 0.5) is 5.82 Å². The van der Waals surface area contributed by atoms with E-state index in [0.717, 1.165) is 22.4 Å². The van der Waals surface area contributed by atoms with Gasteiger partial charge in [0.15, 0.2) is 5.69 Å². The van der Waals surface area contributed by atoms with Crippen molar-refractivity contribution in [3.05, 3.63) is 53.9 Å². The quantitative estimate of drug-likeness (QED) is 0.783. The summed E-state index contributed by atoms with van der Waals surface area (Å²) in [5.41, 5.74) is 2.15. The summed E-state index contributed by atoms with van der Waals surface area (Å²) >= 11 is 0. The second-order valence-corrected chi connectivity index (χ2v) is 6.54. The Labute approximate surface area is 151 Å². The van der Waals surface area contributed by atoms with Crippen LogP contribution in [0.3, 0.4) is 0 Å². The average molecular weight is 351 g/mol. The fourth-order valence-electron chi connectivity index (χ4n) is 3.16. The normalized spacial score (nSPS) is 17.5. The van der Waals surface area contributed by atoms with Gasteiger partial charge < -0.3 is 14.5 Å². The van der Waals surface area contributed by atoms with E-state index in [4.69, 9.17) is 4.74 Å². The highest BCUT2D eigenvalue weighted by Gasteiger charge is 2.29. The van der Waals surface area contributed by atoms with Crippen LogP contribution >= 0.6 is 0 Å². The first kappa shape index (κ1) is 16.5. The fourth-order valence-corrected chi connectivity index (χ4v) is 3.16. The smallest absolute Gasteiger partial charge is 0.275 e. The molecular formula is C19H21N5O2. The first-order chi connectivity index (χ1) is 12.6. The van der Waals surface area contributed by atoms with Crippen molar-refractivity contribution in [3.63, 3.8) is 0 Å². The maximum Gasteiger partial charge on any atom is 0.275 e. The minimum Gasteiger partial charge on any atom is -0.368 e. The first-order valence-corrected chi connectivity index (χ1v) is 8.62. The van der Waals surface area contributed by atoms with E-state index in [2.05, 4.69) is 15.2 Å². The molecule has 1 amide bonds. The zero-order valence-corrected chi connectivity index (χ0v) is 14.8. The topological polar surface area (TPSA) is 74.3 Å². The summed E-state index contributed by atoms with van der Waals surface area (Å²) in [4.78, 5) is 21.4. The maximum atomic E-state index is 13.0. The lowest BCUT2D eigenvalue weighted by Crippen LogP contribution is -2.42. The van der Waals surface area contributed by atoms with E-state index < -0.39 is 0 Å². The van der Waals surface area contributed by atoms with Crippen LogP contribution in [0, 0.1) is 0 Å². The lowest BCUT2D eigenvalue weighted by atomic mass is 10.1. The summed E-state index contributed by atoms with van der Waals surface area (Å²) in [6.45, 7) is 1.49. The van der Waals surface area contributed by atoms with Gasteiger partial charge in [-0.2, -0.15) is 5.10 Å². The molecular weight excluding hydrogens is 330 g/mol. The SMILES string of the molecule is CN(C)c1cccc([C@@H]2CN(C(=O)c3n[nH]c4ccccc34)CCO2)n1. The first-order valence-electron chi connectivity index (χ1n) is 8.62. The number of morpholine rings is 1. The largest absolute Gasteiger partial charge is 0.368 e. The van der Waals surface area contributed by atoms with Gasteiger partial charge in [-0.25, -0.2) is 4.98 Å². The molecule has 0 bridgehead atoms. The van der Waals surface area contributed by atoms with Gasteiger partial charge >= 0.3 is 0 Å². The third kappa shape index (κ3) is 3.01. The average Bonchev–Trinajstić information content (AvgIpc) is 3.12. The van der Waals surface area contributed by atoms with Gasteiger partial charge in [0, 0.05) is 26.0 Å². The van der Waals surface area contributed by atoms with Gasteiger partial charge in [-0.3, -0.25) is 9.89 Å². The van der Waals surface area contributed by atoms with Gasteiger partial charge in [0.2, 0.25) is 0 Å². The van der Waals surface area contributed by atoms with Gasteiger partial charge in [0.1, 0.15) is 11.9 Å². The molecule has 2 aromatic heterocycles. The third-order valence-electron chi connectivity index (χ3n) is 4.57. The molecule has 3 heterocycles. The number of para-hydroxylation sites is 1. The molecule has 0 spiro atoms. The fraction of sp³-hybridized carbons (Fsp3) is 0.316. The van der Waals surface area contributed by atoms with Gasteiger partial charge in [-0.05, 0) is 18.2 Å². The number of ether oxygens (including phenoxy) is 1. The highest BCUT2D eigenvalue weighted by Crippen LogP contribution is 2.24. The number of carbonyl (C=O) groups excluding carboxylic acids is 1. The Balaban J connectivity index is 1.57. The summed E-state index contributed by atoms with van der Waals surface area (Å²) in [7, 11) is 3.90. The number of anilines is 1. The molecule has 4 rings (SSSR count). The Bertz CT molecular complexity index is 936. The number of H-pyrrole nitrogens is 1. The number of carbonyl (C=O) groups is 1. The van der Waals surface area contributed by atoms with Crippen LogP contribution in [0.2, 0.25) is 0 Å². The Hall–Kier alpha value is -2.93. The molecule has 1 fully saturated rings. The number of hydrogen-bond acceptors (Lipinski definition) is 5. The van der Waals surface area contributed by atoms with E-state index in [-0.39, 0.29) is 12.0 Å². The molecule has 1 aromatic carbocycles. The lowest BCUT2D eigenvalue weighted by Gasteiger charge is -2.32.